The Morgan fingerprint density at radius 2 is 1.94 bits per heavy atom. The van der Waals surface area contributed by atoms with Crippen molar-refractivity contribution in [2.75, 3.05) is 12.3 Å². The second-order valence-corrected chi connectivity index (χ2v) is 6.33. The van der Waals surface area contributed by atoms with E-state index in [1.54, 1.807) is 0 Å². The van der Waals surface area contributed by atoms with Gasteiger partial charge in [0.2, 0.25) is 5.88 Å². The summed E-state index contributed by atoms with van der Waals surface area (Å²) in [6, 6.07) is 0. The van der Waals surface area contributed by atoms with Crippen molar-refractivity contribution < 1.29 is 4.74 Å². The number of nitrogens with zero attached hydrogens (tertiary/aromatic N) is 2. The topological polar surface area (TPSA) is 61.0 Å². The molecule has 0 unspecified atom stereocenters. The Morgan fingerprint density at radius 1 is 1.28 bits per heavy atom. The van der Waals surface area contributed by atoms with E-state index in [4.69, 9.17) is 10.5 Å². The fourth-order valence-corrected chi connectivity index (χ4v) is 1.65. The van der Waals surface area contributed by atoms with Crippen LogP contribution in [0.3, 0.4) is 0 Å². The van der Waals surface area contributed by atoms with Gasteiger partial charge in [-0.1, -0.05) is 20.8 Å². The second-order valence-electron chi connectivity index (χ2n) is 6.33. The van der Waals surface area contributed by atoms with Crippen molar-refractivity contribution in [3.63, 3.8) is 0 Å². The third-order valence-electron chi connectivity index (χ3n) is 3.19. The Hall–Kier alpha value is -1.32. The summed E-state index contributed by atoms with van der Waals surface area (Å²) in [7, 11) is 0. The van der Waals surface area contributed by atoms with Gasteiger partial charge in [-0.05, 0) is 31.6 Å². The lowest BCUT2D eigenvalue weighted by atomic mass is 9.93. The molecule has 4 heteroatoms. The van der Waals surface area contributed by atoms with Crippen LogP contribution in [0.5, 0.6) is 5.88 Å². The first-order chi connectivity index (χ1) is 8.37. The van der Waals surface area contributed by atoms with Crippen LogP contribution in [0.15, 0.2) is 0 Å². The zero-order valence-corrected chi connectivity index (χ0v) is 11.8. The van der Waals surface area contributed by atoms with Crippen LogP contribution in [0.1, 0.15) is 57.3 Å². The van der Waals surface area contributed by atoms with Crippen LogP contribution in [-0.2, 0) is 0 Å². The van der Waals surface area contributed by atoms with Crippen molar-refractivity contribution in [3.05, 3.63) is 11.4 Å². The van der Waals surface area contributed by atoms with Gasteiger partial charge in [0.1, 0.15) is 11.6 Å². The molecule has 1 aromatic heterocycles. The molecule has 1 heterocycles. The predicted molar refractivity (Wildman–Crippen MR) is 72.7 cm³/mol. The Kier molecular flexibility index (Phi) is 3.46. The maximum Gasteiger partial charge on any atom is 0.221 e. The summed E-state index contributed by atoms with van der Waals surface area (Å²) in [5, 5.41) is 0. The van der Waals surface area contributed by atoms with E-state index in [1.165, 1.54) is 12.8 Å². The molecule has 1 aliphatic carbocycles. The molecule has 0 aliphatic heterocycles. The van der Waals surface area contributed by atoms with E-state index in [9.17, 15) is 0 Å². The van der Waals surface area contributed by atoms with Crippen LogP contribution < -0.4 is 10.5 Å². The van der Waals surface area contributed by atoms with Gasteiger partial charge >= 0.3 is 0 Å². The fraction of sp³-hybridized carbons (Fsp3) is 0.714. The summed E-state index contributed by atoms with van der Waals surface area (Å²) in [5.41, 5.74) is 7.04. The zero-order chi connectivity index (χ0) is 13.3. The molecule has 100 valence electrons. The number of rotatable bonds is 4. The molecule has 0 radical (unpaired) electrons. The van der Waals surface area contributed by atoms with Crippen LogP contribution >= 0.6 is 0 Å². The first-order valence-electron chi connectivity index (χ1n) is 6.63. The first-order valence-corrected chi connectivity index (χ1v) is 6.63. The molecule has 2 N–H and O–H groups in total. The average Bonchev–Trinajstić information content (AvgIpc) is 3.05. The maximum atomic E-state index is 5.91. The van der Waals surface area contributed by atoms with E-state index in [1.807, 2.05) is 6.92 Å². The quantitative estimate of drug-likeness (QED) is 0.890. The van der Waals surface area contributed by atoms with Gasteiger partial charge in [0.15, 0.2) is 0 Å². The SMILES string of the molecule is Cc1c(N)nc(C2CC2)nc1OCCC(C)(C)C. The van der Waals surface area contributed by atoms with Gasteiger partial charge in [-0.3, -0.25) is 0 Å². The molecule has 1 aliphatic rings. The van der Waals surface area contributed by atoms with E-state index in [2.05, 4.69) is 30.7 Å². The van der Waals surface area contributed by atoms with Crippen molar-refractivity contribution >= 4 is 5.82 Å². The molecule has 2 rings (SSSR count). The zero-order valence-electron chi connectivity index (χ0n) is 11.8. The van der Waals surface area contributed by atoms with Crippen molar-refractivity contribution in [2.24, 2.45) is 5.41 Å². The average molecular weight is 249 g/mol. The largest absolute Gasteiger partial charge is 0.477 e. The molecule has 0 amide bonds. The van der Waals surface area contributed by atoms with Gasteiger partial charge < -0.3 is 10.5 Å². The number of hydrogen-bond acceptors (Lipinski definition) is 4. The smallest absolute Gasteiger partial charge is 0.221 e. The third kappa shape index (κ3) is 3.34. The summed E-state index contributed by atoms with van der Waals surface area (Å²) >= 11 is 0. The molecular weight excluding hydrogens is 226 g/mol. The van der Waals surface area contributed by atoms with E-state index >= 15 is 0 Å². The normalized spacial score (nSPS) is 15.8. The van der Waals surface area contributed by atoms with Crippen LogP contribution in [0, 0.1) is 12.3 Å². The highest BCUT2D eigenvalue weighted by atomic mass is 16.5. The summed E-state index contributed by atoms with van der Waals surface area (Å²) in [6.45, 7) is 9.19. The lowest BCUT2D eigenvalue weighted by Crippen LogP contribution is -2.13. The molecular formula is C14H23N3O. The maximum absolute atomic E-state index is 5.91. The monoisotopic (exact) mass is 249 g/mol. The molecule has 1 fully saturated rings. The lowest BCUT2D eigenvalue weighted by molar-refractivity contribution is 0.234. The van der Waals surface area contributed by atoms with Gasteiger partial charge in [0.05, 0.1) is 12.2 Å². The summed E-state index contributed by atoms with van der Waals surface area (Å²) < 4.78 is 5.78. The highest BCUT2D eigenvalue weighted by Gasteiger charge is 2.28. The second kappa shape index (κ2) is 4.75. The van der Waals surface area contributed by atoms with E-state index in [0.717, 1.165) is 17.8 Å². The van der Waals surface area contributed by atoms with Gasteiger partial charge in [-0.2, -0.15) is 4.98 Å². The van der Waals surface area contributed by atoms with E-state index in [0.29, 0.717) is 24.2 Å². The number of anilines is 1. The fourth-order valence-electron chi connectivity index (χ4n) is 1.65. The summed E-state index contributed by atoms with van der Waals surface area (Å²) in [6.07, 6.45) is 3.34. The van der Waals surface area contributed by atoms with Crippen LogP contribution in [-0.4, -0.2) is 16.6 Å². The summed E-state index contributed by atoms with van der Waals surface area (Å²) in [5.74, 6) is 2.56. The predicted octanol–water partition coefficient (Wildman–Crippen LogP) is 3.06. The number of nitrogen functional groups attached to an aromatic ring is 1. The Balaban J connectivity index is 2.06. The van der Waals surface area contributed by atoms with Crippen LogP contribution in [0.2, 0.25) is 0 Å². The van der Waals surface area contributed by atoms with E-state index < -0.39 is 0 Å². The number of hydrogen-bond donors (Lipinski definition) is 1. The molecule has 0 spiro atoms. The van der Waals surface area contributed by atoms with Crippen LogP contribution in [0.4, 0.5) is 5.82 Å². The minimum Gasteiger partial charge on any atom is -0.477 e. The van der Waals surface area contributed by atoms with Gasteiger partial charge in [0, 0.05) is 5.92 Å². The van der Waals surface area contributed by atoms with Crippen LogP contribution in [0.25, 0.3) is 0 Å². The number of nitrogens with two attached hydrogens (primary N) is 1. The molecule has 1 saturated carbocycles. The minimum atomic E-state index is 0.270. The molecule has 0 bridgehead atoms. The molecule has 1 aromatic rings. The number of ether oxygens (including phenoxy) is 1. The van der Waals surface area contributed by atoms with Crippen molar-refractivity contribution in [2.45, 2.75) is 52.9 Å². The Labute approximate surface area is 109 Å². The molecule has 0 aromatic carbocycles. The van der Waals surface area contributed by atoms with E-state index in [-0.39, 0.29) is 5.41 Å². The molecule has 18 heavy (non-hydrogen) atoms. The van der Waals surface area contributed by atoms with Crippen molar-refractivity contribution in [1.82, 2.24) is 9.97 Å². The summed E-state index contributed by atoms with van der Waals surface area (Å²) in [4.78, 5) is 8.84. The minimum absolute atomic E-state index is 0.270. The molecule has 0 saturated heterocycles. The van der Waals surface area contributed by atoms with Crippen molar-refractivity contribution in [1.29, 1.82) is 0 Å². The van der Waals surface area contributed by atoms with Gasteiger partial charge in [-0.25, -0.2) is 4.98 Å². The Bertz CT molecular complexity index is 433. The van der Waals surface area contributed by atoms with Gasteiger partial charge in [0.25, 0.3) is 0 Å². The lowest BCUT2D eigenvalue weighted by Gasteiger charge is -2.18. The number of aromatic nitrogens is 2. The molecule has 0 atom stereocenters. The molecule has 4 nitrogen and oxygen atoms in total. The highest BCUT2D eigenvalue weighted by molar-refractivity contribution is 5.45. The standard InChI is InChI=1S/C14H23N3O/c1-9-11(15)16-12(10-5-6-10)17-13(9)18-8-7-14(2,3)4/h10H,5-8H2,1-4H3,(H2,15,16,17). The van der Waals surface area contributed by atoms with Gasteiger partial charge in [-0.15, -0.1) is 0 Å². The Morgan fingerprint density at radius 3 is 2.50 bits per heavy atom. The first kappa shape index (κ1) is 13.1. The van der Waals surface area contributed by atoms with Crippen molar-refractivity contribution in [3.8, 4) is 5.88 Å². The highest BCUT2D eigenvalue weighted by Crippen LogP contribution is 2.39. The third-order valence-corrected chi connectivity index (χ3v) is 3.19.